The van der Waals surface area contributed by atoms with E-state index in [2.05, 4.69) is 16.7 Å². The van der Waals surface area contributed by atoms with Gasteiger partial charge in [0.1, 0.15) is 12.3 Å². The average molecular weight is 377 g/mol. The third-order valence-electron chi connectivity index (χ3n) is 4.17. The lowest BCUT2D eigenvalue weighted by molar-refractivity contribution is -0.138. The van der Waals surface area contributed by atoms with Crippen LogP contribution in [0.2, 0.25) is 0 Å². The molecular weight excluding hydrogens is 354 g/mol. The van der Waals surface area contributed by atoms with Crippen LogP contribution in [0, 0.1) is 6.92 Å². The fraction of sp³-hybridized carbons (Fsp3) is 0.227. The van der Waals surface area contributed by atoms with E-state index < -0.39 is 6.10 Å². The molecule has 0 aliphatic carbocycles. The number of hydrogen-bond acceptors (Lipinski definition) is 5. The van der Waals surface area contributed by atoms with E-state index in [0.29, 0.717) is 24.0 Å². The summed E-state index contributed by atoms with van der Waals surface area (Å²) in [4.78, 5) is 18.8. The first kappa shape index (κ1) is 19.4. The minimum atomic E-state index is -0.651. The summed E-state index contributed by atoms with van der Waals surface area (Å²) in [5, 5.41) is 4.02. The molecule has 6 heteroatoms. The molecule has 0 radical (unpaired) electrons. The lowest BCUT2D eigenvalue weighted by Crippen LogP contribution is -2.40. The number of benzene rings is 2. The molecule has 0 saturated carbocycles. The second-order valence-corrected chi connectivity index (χ2v) is 6.46. The molecule has 0 fully saturated rings. The van der Waals surface area contributed by atoms with Crippen LogP contribution in [0.5, 0.6) is 5.75 Å². The largest absolute Gasteiger partial charge is 0.481 e. The first-order chi connectivity index (χ1) is 13.6. The molecule has 0 saturated heterocycles. The Morgan fingerprint density at radius 2 is 1.93 bits per heavy atom. The number of aryl methyl sites for hydroxylation is 1. The van der Waals surface area contributed by atoms with Crippen molar-refractivity contribution in [2.45, 2.75) is 26.5 Å². The highest BCUT2D eigenvalue weighted by atomic mass is 16.5. The van der Waals surface area contributed by atoms with Crippen LogP contribution in [0.25, 0.3) is 11.4 Å². The average Bonchev–Trinajstić information content (AvgIpc) is 3.17. The van der Waals surface area contributed by atoms with Gasteiger partial charge in [0, 0.05) is 12.1 Å². The molecule has 0 aliphatic rings. The van der Waals surface area contributed by atoms with E-state index >= 15 is 0 Å². The Bertz CT molecular complexity index is 920. The fourth-order valence-electron chi connectivity index (χ4n) is 2.70. The summed E-state index contributed by atoms with van der Waals surface area (Å²) in [6.45, 7) is 8.00. The molecule has 6 nitrogen and oxygen atoms in total. The standard InChI is InChI=1S/C22H23N3O3/c1-4-14-25(22(26)17(3)27-19-8-6-5-7-9-19)15-20-23-21(24-28-20)18-12-10-16(2)11-13-18/h4-13,17H,1,14-15H2,2-3H3/t17-/m1/s1. The van der Waals surface area contributed by atoms with Crippen LogP contribution in [0.3, 0.4) is 0 Å². The van der Waals surface area contributed by atoms with Crippen molar-refractivity contribution in [1.82, 2.24) is 15.0 Å². The van der Waals surface area contributed by atoms with Gasteiger partial charge in [0.25, 0.3) is 5.91 Å². The van der Waals surface area contributed by atoms with Gasteiger partial charge in [0.2, 0.25) is 11.7 Å². The maximum Gasteiger partial charge on any atom is 0.264 e. The van der Waals surface area contributed by atoms with E-state index in [1.165, 1.54) is 0 Å². The van der Waals surface area contributed by atoms with Crippen LogP contribution in [-0.2, 0) is 11.3 Å². The smallest absolute Gasteiger partial charge is 0.264 e. The monoisotopic (exact) mass is 377 g/mol. The first-order valence-corrected chi connectivity index (χ1v) is 9.08. The first-order valence-electron chi connectivity index (χ1n) is 9.08. The minimum Gasteiger partial charge on any atom is -0.481 e. The Balaban J connectivity index is 1.69. The summed E-state index contributed by atoms with van der Waals surface area (Å²) in [6.07, 6.45) is 1.01. The summed E-state index contributed by atoms with van der Waals surface area (Å²) in [5.41, 5.74) is 2.02. The number of amides is 1. The molecule has 3 aromatic rings. The molecule has 144 valence electrons. The summed E-state index contributed by atoms with van der Waals surface area (Å²) in [5.74, 6) is 1.31. The highest BCUT2D eigenvalue weighted by Gasteiger charge is 2.23. The third-order valence-corrected chi connectivity index (χ3v) is 4.17. The maximum absolute atomic E-state index is 12.8. The molecule has 1 atom stereocenters. The second kappa shape index (κ2) is 8.99. The van der Waals surface area contributed by atoms with Crippen molar-refractivity contribution in [2.24, 2.45) is 0 Å². The Labute approximate surface area is 164 Å². The van der Waals surface area contributed by atoms with Gasteiger partial charge in [0.05, 0.1) is 0 Å². The highest BCUT2D eigenvalue weighted by molar-refractivity contribution is 5.81. The van der Waals surface area contributed by atoms with E-state index in [1.54, 1.807) is 17.9 Å². The summed E-state index contributed by atoms with van der Waals surface area (Å²) in [7, 11) is 0. The van der Waals surface area contributed by atoms with Gasteiger partial charge >= 0.3 is 0 Å². The van der Waals surface area contributed by atoms with E-state index in [4.69, 9.17) is 9.26 Å². The summed E-state index contributed by atoms with van der Waals surface area (Å²) in [6, 6.07) is 17.1. The normalized spacial score (nSPS) is 11.6. The van der Waals surface area contributed by atoms with Gasteiger partial charge < -0.3 is 14.2 Å². The van der Waals surface area contributed by atoms with Crippen LogP contribution in [0.1, 0.15) is 18.4 Å². The zero-order valence-corrected chi connectivity index (χ0v) is 16.0. The molecule has 2 aromatic carbocycles. The predicted octanol–water partition coefficient (Wildman–Crippen LogP) is 4.03. The van der Waals surface area contributed by atoms with Gasteiger partial charge in [-0.25, -0.2) is 0 Å². The van der Waals surface area contributed by atoms with E-state index in [9.17, 15) is 4.79 Å². The number of carbonyl (C=O) groups excluding carboxylic acids is 1. The topological polar surface area (TPSA) is 68.5 Å². The Morgan fingerprint density at radius 1 is 1.21 bits per heavy atom. The van der Waals surface area contributed by atoms with Crippen LogP contribution in [0.15, 0.2) is 71.8 Å². The van der Waals surface area contributed by atoms with E-state index in [0.717, 1.165) is 11.1 Å². The van der Waals surface area contributed by atoms with Crippen molar-refractivity contribution in [3.63, 3.8) is 0 Å². The van der Waals surface area contributed by atoms with Crippen molar-refractivity contribution in [3.8, 4) is 17.1 Å². The SMILES string of the molecule is C=CCN(Cc1nc(-c2ccc(C)cc2)no1)C(=O)[C@@H](C)Oc1ccccc1. The van der Waals surface area contributed by atoms with Crippen molar-refractivity contribution in [2.75, 3.05) is 6.54 Å². The number of nitrogens with zero attached hydrogens (tertiary/aromatic N) is 3. The lowest BCUT2D eigenvalue weighted by Gasteiger charge is -2.23. The zero-order valence-electron chi connectivity index (χ0n) is 16.0. The van der Waals surface area contributed by atoms with Gasteiger partial charge in [0.15, 0.2) is 6.10 Å². The van der Waals surface area contributed by atoms with Crippen LogP contribution < -0.4 is 4.74 Å². The quantitative estimate of drug-likeness (QED) is 0.555. The fourth-order valence-corrected chi connectivity index (χ4v) is 2.70. The number of para-hydroxylation sites is 1. The molecular formula is C22H23N3O3. The summed E-state index contributed by atoms with van der Waals surface area (Å²) < 4.78 is 11.1. The zero-order chi connectivity index (χ0) is 19.9. The minimum absolute atomic E-state index is 0.182. The van der Waals surface area contributed by atoms with Gasteiger partial charge in [-0.05, 0) is 26.0 Å². The van der Waals surface area contributed by atoms with Gasteiger partial charge in [-0.3, -0.25) is 4.79 Å². The van der Waals surface area contributed by atoms with Crippen LogP contribution in [-0.4, -0.2) is 33.6 Å². The number of rotatable bonds is 8. The molecule has 1 aromatic heterocycles. The number of aromatic nitrogens is 2. The van der Waals surface area contributed by atoms with Gasteiger partial charge in [-0.1, -0.05) is 59.3 Å². The third kappa shape index (κ3) is 4.85. The lowest BCUT2D eigenvalue weighted by atomic mass is 10.1. The Kier molecular flexibility index (Phi) is 6.22. The Hall–Kier alpha value is -3.41. The number of hydrogen-bond donors (Lipinski definition) is 0. The van der Waals surface area contributed by atoms with E-state index in [-0.39, 0.29) is 12.5 Å². The molecule has 1 amide bonds. The molecule has 0 aliphatic heterocycles. The molecule has 0 N–H and O–H groups in total. The molecule has 1 heterocycles. The van der Waals surface area contributed by atoms with Gasteiger partial charge in [-0.15, -0.1) is 6.58 Å². The van der Waals surface area contributed by atoms with E-state index in [1.807, 2.05) is 61.5 Å². The van der Waals surface area contributed by atoms with Crippen molar-refractivity contribution in [1.29, 1.82) is 0 Å². The van der Waals surface area contributed by atoms with Crippen LogP contribution in [0.4, 0.5) is 0 Å². The number of carbonyl (C=O) groups is 1. The Morgan fingerprint density at radius 3 is 2.61 bits per heavy atom. The second-order valence-electron chi connectivity index (χ2n) is 6.46. The van der Waals surface area contributed by atoms with Crippen LogP contribution >= 0.6 is 0 Å². The molecule has 28 heavy (non-hydrogen) atoms. The maximum atomic E-state index is 12.8. The molecule has 0 unspecified atom stereocenters. The number of ether oxygens (including phenoxy) is 1. The molecule has 0 spiro atoms. The predicted molar refractivity (Wildman–Crippen MR) is 107 cm³/mol. The van der Waals surface area contributed by atoms with Gasteiger partial charge in [-0.2, -0.15) is 4.98 Å². The van der Waals surface area contributed by atoms with Crippen molar-refractivity contribution in [3.05, 3.63) is 78.7 Å². The van der Waals surface area contributed by atoms with Crippen molar-refractivity contribution >= 4 is 5.91 Å². The molecule has 0 bridgehead atoms. The van der Waals surface area contributed by atoms with Crippen molar-refractivity contribution < 1.29 is 14.1 Å². The highest BCUT2D eigenvalue weighted by Crippen LogP contribution is 2.18. The summed E-state index contributed by atoms with van der Waals surface area (Å²) >= 11 is 0. The molecule has 3 rings (SSSR count).